The quantitative estimate of drug-likeness (QED) is 0.291. The molecule has 1 N–H and O–H groups in total. The summed E-state index contributed by atoms with van der Waals surface area (Å²) in [7, 11) is -4.16. The second-order valence-corrected chi connectivity index (χ2v) is 13.5. The van der Waals surface area contributed by atoms with Crippen LogP contribution in [0.5, 0.6) is 0 Å². The highest BCUT2D eigenvalue weighted by Gasteiger charge is 2.34. The van der Waals surface area contributed by atoms with Crippen molar-refractivity contribution >= 4 is 39.1 Å². The van der Waals surface area contributed by atoms with Crippen LogP contribution in [0.4, 0.5) is 5.69 Å². The number of carbonyl (C=O) groups excluding carboxylic acids is 2. The van der Waals surface area contributed by atoms with Gasteiger partial charge in [0.25, 0.3) is 10.0 Å². The monoisotopic (exact) mass is 609 g/mol. The Balaban J connectivity index is 1.72. The zero-order valence-electron chi connectivity index (χ0n) is 24.8. The minimum atomic E-state index is -4.16. The van der Waals surface area contributed by atoms with Crippen molar-refractivity contribution in [3.05, 3.63) is 94.0 Å². The van der Waals surface area contributed by atoms with Gasteiger partial charge in [0.1, 0.15) is 12.6 Å². The van der Waals surface area contributed by atoms with E-state index in [4.69, 9.17) is 11.6 Å². The molecule has 1 fully saturated rings. The Hall–Kier alpha value is -3.36. The maximum atomic E-state index is 14.2. The lowest BCUT2D eigenvalue weighted by atomic mass is 9.95. The highest BCUT2D eigenvalue weighted by Crippen LogP contribution is 2.30. The van der Waals surface area contributed by atoms with Crippen LogP contribution in [0.15, 0.2) is 71.6 Å². The van der Waals surface area contributed by atoms with Crippen molar-refractivity contribution in [2.24, 2.45) is 0 Å². The van der Waals surface area contributed by atoms with Gasteiger partial charge in [-0.3, -0.25) is 13.9 Å². The first kappa shape index (κ1) is 31.6. The zero-order chi connectivity index (χ0) is 30.4. The maximum absolute atomic E-state index is 14.2. The molecule has 0 saturated heterocycles. The van der Waals surface area contributed by atoms with Gasteiger partial charge in [-0.1, -0.05) is 78.9 Å². The fourth-order valence-electron chi connectivity index (χ4n) is 5.32. The molecule has 0 bridgehead atoms. The molecule has 7 nitrogen and oxygen atoms in total. The molecular formula is C33H40ClN3O4S. The molecule has 3 aromatic rings. The third kappa shape index (κ3) is 7.53. The topological polar surface area (TPSA) is 86.8 Å². The third-order valence-corrected chi connectivity index (χ3v) is 10.1. The fourth-order valence-corrected chi connectivity index (χ4v) is 6.96. The van der Waals surface area contributed by atoms with Crippen LogP contribution in [0, 0.1) is 20.8 Å². The summed E-state index contributed by atoms with van der Waals surface area (Å²) in [5, 5.41) is 3.49. The van der Waals surface area contributed by atoms with E-state index in [1.807, 2.05) is 38.1 Å². The number of carbonyl (C=O) groups is 2. The van der Waals surface area contributed by atoms with Crippen molar-refractivity contribution in [3.63, 3.8) is 0 Å². The van der Waals surface area contributed by atoms with E-state index >= 15 is 0 Å². The van der Waals surface area contributed by atoms with Gasteiger partial charge in [0.15, 0.2) is 0 Å². The van der Waals surface area contributed by atoms with Crippen molar-refractivity contribution < 1.29 is 18.0 Å². The molecule has 0 radical (unpaired) electrons. The highest BCUT2D eigenvalue weighted by molar-refractivity contribution is 7.92. The lowest BCUT2D eigenvalue weighted by Gasteiger charge is -2.34. The number of benzene rings is 3. The van der Waals surface area contributed by atoms with Crippen LogP contribution in [0.1, 0.15) is 61.3 Å². The molecule has 1 unspecified atom stereocenters. The Morgan fingerprint density at radius 3 is 2.26 bits per heavy atom. The van der Waals surface area contributed by atoms with Crippen LogP contribution in [-0.4, -0.2) is 43.8 Å². The number of rotatable bonds is 10. The van der Waals surface area contributed by atoms with E-state index in [-0.39, 0.29) is 23.4 Å². The first-order valence-electron chi connectivity index (χ1n) is 14.5. The standard InChI is InChI=1S/C33H40ClN3O4S/c1-23-14-18-30(19-15-23)42(40,41)37(31-20-28(34)17-16-25(31)3)22-32(38)36(21-27-11-9-8-10-24(27)2)26(4)33(39)35-29-12-6-5-7-13-29/h8-11,14-20,26,29H,5-7,12-13,21-22H2,1-4H3,(H,35,39). The number of hydrogen-bond donors (Lipinski definition) is 1. The second-order valence-electron chi connectivity index (χ2n) is 11.2. The molecule has 2 amide bonds. The molecule has 4 rings (SSSR count). The summed E-state index contributed by atoms with van der Waals surface area (Å²) >= 11 is 6.32. The van der Waals surface area contributed by atoms with Gasteiger partial charge >= 0.3 is 0 Å². The smallest absolute Gasteiger partial charge is 0.264 e. The van der Waals surface area contributed by atoms with Crippen molar-refractivity contribution in [2.45, 2.75) is 83.3 Å². The van der Waals surface area contributed by atoms with Crippen molar-refractivity contribution in [2.75, 3.05) is 10.8 Å². The van der Waals surface area contributed by atoms with E-state index in [0.29, 0.717) is 16.3 Å². The first-order valence-corrected chi connectivity index (χ1v) is 16.3. The molecule has 224 valence electrons. The van der Waals surface area contributed by atoms with Crippen LogP contribution in [-0.2, 0) is 26.2 Å². The maximum Gasteiger partial charge on any atom is 0.264 e. The minimum absolute atomic E-state index is 0.0637. The van der Waals surface area contributed by atoms with Gasteiger partial charge in [-0.15, -0.1) is 0 Å². The number of nitrogens with one attached hydrogen (secondary N) is 1. The summed E-state index contributed by atoms with van der Waals surface area (Å²) in [5.74, 6) is -0.727. The molecule has 1 aliphatic rings. The number of nitrogens with zero attached hydrogens (tertiary/aromatic N) is 2. The average molecular weight is 610 g/mol. The number of anilines is 1. The number of hydrogen-bond acceptors (Lipinski definition) is 4. The van der Waals surface area contributed by atoms with Crippen molar-refractivity contribution in [1.29, 1.82) is 0 Å². The van der Waals surface area contributed by atoms with Crippen LogP contribution in [0.25, 0.3) is 0 Å². The summed E-state index contributed by atoms with van der Waals surface area (Å²) in [6.07, 6.45) is 5.13. The van der Waals surface area contributed by atoms with Gasteiger partial charge in [0.05, 0.1) is 10.6 Å². The number of halogens is 1. The molecule has 0 aliphatic heterocycles. The predicted octanol–water partition coefficient (Wildman–Crippen LogP) is 6.33. The summed E-state index contributed by atoms with van der Waals surface area (Å²) in [6, 6.07) is 18.4. The molecule has 1 atom stereocenters. The number of amides is 2. The Morgan fingerprint density at radius 1 is 0.929 bits per heavy atom. The van der Waals surface area contributed by atoms with Gasteiger partial charge in [0.2, 0.25) is 11.8 Å². The largest absolute Gasteiger partial charge is 0.352 e. The van der Waals surface area contributed by atoms with Crippen LogP contribution in [0.3, 0.4) is 0 Å². The molecule has 0 aromatic heterocycles. The fraction of sp³-hybridized carbons (Fsp3) is 0.394. The molecule has 1 saturated carbocycles. The van der Waals surface area contributed by atoms with Crippen molar-refractivity contribution in [3.8, 4) is 0 Å². The molecule has 0 heterocycles. The lowest BCUT2D eigenvalue weighted by Crippen LogP contribution is -2.53. The Morgan fingerprint density at radius 2 is 1.60 bits per heavy atom. The molecule has 1 aliphatic carbocycles. The minimum Gasteiger partial charge on any atom is -0.352 e. The summed E-state index contributed by atoms with van der Waals surface area (Å²) in [4.78, 5) is 29.2. The summed E-state index contributed by atoms with van der Waals surface area (Å²) in [5.41, 5.74) is 3.74. The Kier molecular flexibility index (Phi) is 10.3. The first-order chi connectivity index (χ1) is 20.0. The van der Waals surface area contributed by atoms with Gasteiger partial charge in [-0.25, -0.2) is 8.42 Å². The van der Waals surface area contributed by atoms with E-state index in [1.165, 1.54) is 17.0 Å². The van der Waals surface area contributed by atoms with Gasteiger partial charge in [-0.2, -0.15) is 0 Å². The molecule has 42 heavy (non-hydrogen) atoms. The molecule has 3 aromatic carbocycles. The van der Waals surface area contributed by atoms with Gasteiger partial charge in [-0.05, 0) is 81.5 Å². The Labute approximate surface area is 254 Å². The summed E-state index contributed by atoms with van der Waals surface area (Å²) in [6.45, 7) is 6.98. The van der Waals surface area contributed by atoms with E-state index in [1.54, 1.807) is 44.2 Å². The van der Waals surface area contributed by atoms with Gasteiger partial charge in [0, 0.05) is 17.6 Å². The van der Waals surface area contributed by atoms with Crippen LogP contribution < -0.4 is 9.62 Å². The molecule has 0 spiro atoms. The van der Waals surface area contributed by atoms with Crippen LogP contribution >= 0.6 is 11.6 Å². The average Bonchev–Trinajstić information content (AvgIpc) is 2.97. The van der Waals surface area contributed by atoms with E-state index in [2.05, 4.69) is 5.32 Å². The highest BCUT2D eigenvalue weighted by atomic mass is 35.5. The third-order valence-electron chi connectivity index (χ3n) is 8.05. The second kappa shape index (κ2) is 13.7. The normalized spacial score (nSPS) is 14.7. The van der Waals surface area contributed by atoms with Gasteiger partial charge < -0.3 is 10.2 Å². The number of aryl methyl sites for hydroxylation is 3. The van der Waals surface area contributed by atoms with E-state index in [9.17, 15) is 18.0 Å². The van der Waals surface area contributed by atoms with Crippen LogP contribution in [0.2, 0.25) is 5.02 Å². The molecular weight excluding hydrogens is 570 g/mol. The SMILES string of the molecule is Cc1ccc(S(=O)(=O)N(CC(=O)N(Cc2ccccc2C)C(C)C(=O)NC2CCCCC2)c2cc(Cl)ccc2C)cc1. The number of sulfonamides is 1. The van der Waals surface area contributed by atoms with Crippen molar-refractivity contribution in [1.82, 2.24) is 10.2 Å². The summed E-state index contributed by atoms with van der Waals surface area (Å²) < 4.78 is 29.3. The Bertz CT molecular complexity index is 1520. The lowest BCUT2D eigenvalue weighted by molar-refractivity contribution is -0.139. The molecule has 9 heteroatoms. The van der Waals surface area contributed by atoms with E-state index < -0.39 is 28.5 Å². The zero-order valence-corrected chi connectivity index (χ0v) is 26.3. The van der Waals surface area contributed by atoms with E-state index in [0.717, 1.165) is 53.1 Å². The predicted molar refractivity (Wildman–Crippen MR) is 168 cm³/mol.